The van der Waals surface area contributed by atoms with Gasteiger partial charge in [-0.3, -0.25) is 14.9 Å². The molecular formula is C25H25N7O2. The van der Waals surface area contributed by atoms with Crippen molar-refractivity contribution in [3.8, 4) is 22.5 Å². The number of benzene rings is 2. The zero-order valence-electron chi connectivity index (χ0n) is 19.1. The fourth-order valence-electron chi connectivity index (χ4n) is 4.41. The molecule has 3 aromatic rings. The summed E-state index contributed by atoms with van der Waals surface area (Å²) in [5, 5.41) is 17.1. The second kappa shape index (κ2) is 9.01. The summed E-state index contributed by atoms with van der Waals surface area (Å²) in [5.74, 6) is 0.283. The van der Waals surface area contributed by atoms with Crippen LogP contribution < -0.4 is 5.32 Å². The number of hydrogen-bond donors (Lipinski definition) is 2. The van der Waals surface area contributed by atoms with Gasteiger partial charge in [0.2, 0.25) is 5.96 Å². The van der Waals surface area contributed by atoms with Gasteiger partial charge in [0.05, 0.1) is 11.5 Å². The summed E-state index contributed by atoms with van der Waals surface area (Å²) in [5.41, 5.74) is 5.25. The van der Waals surface area contributed by atoms with E-state index >= 15 is 0 Å². The van der Waals surface area contributed by atoms with E-state index in [1.165, 1.54) is 0 Å². The van der Waals surface area contributed by atoms with Crippen molar-refractivity contribution in [1.82, 2.24) is 30.8 Å². The smallest absolute Gasteiger partial charge is 0.260 e. The molecule has 0 saturated heterocycles. The van der Waals surface area contributed by atoms with Crippen LogP contribution >= 0.6 is 0 Å². The first-order chi connectivity index (χ1) is 16.6. The monoisotopic (exact) mass is 455 g/mol. The Kier molecular flexibility index (Phi) is 5.75. The standard InChI is InChI=1S/C25H25N7O2/c1-3-4-9-20-21(24(34)27-25-26-23(33)15(2)14-32(20)25)17-12-10-16(11-13-17)18-7-5-6-8-19(18)22-28-30-31-29-22/h5-8,10-13,15H,3-4,9,14H2,1-2H3,(H,26,27,33,34)(H,28,29,30,31). The summed E-state index contributed by atoms with van der Waals surface area (Å²) in [6.45, 7) is 4.50. The van der Waals surface area contributed by atoms with Crippen molar-refractivity contribution < 1.29 is 9.59 Å². The molecule has 0 fully saturated rings. The number of hydrogen-bond acceptors (Lipinski definition) is 6. The Labute approximate surface area is 197 Å². The lowest BCUT2D eigenvalue weighted by Crippen LogP contribution is -2.53. The number of fused-ring (bicyclic) bond motifs is 1. The number of carbonyl (C=O) groups excluding carboxylic acids is 2. The number of aliphatic imine (C=N–C) groups is 1. The van der Waals surface area contributed by atoms with Crippen LogP contribution in [0.5, 0.6) is 0 Å². The number of tetrazole rings is 1. The Balaban J connectivity index is 1.55. The first kappa shape index (κ1) is 21.7. The molecule has 2 aliphatic heterocycles. The van der Waals surface area contributed by atoms with Gasteiger partial charge in [0.1, 0.15) is 0 Å². The predicted octanol–water partition coefficient (Wildman–Crippen LogP) is 3.40. The highest BCUT2D eigenvalue weighted by Gasteiger charge is 2.36. The van der Waals surface area contributed by atoms with E-state index in [1.807, 2.05) is 60.4 Å². The highest BCUT2D eigenvalue weighted by Crippen LogP contribution is 2.34. The van der Waals surface area contributed by atoms with Crippen molar-refractivity contribution in [3.63, 3.8) is 0 Å². The Bertz CT molecular complexity index is 1290. The van der Waals surface area contributed by atoms with Crippen LogP contribution in [0.1, 0.15) is 38.7 Å². The van der Waals surface area contributed by atoms with Crippen LogP contribution in [0.25, 0.3) is 28.1 Å². The highest BCUT2D eigenvalue weighted by atomic mass is 16.2. The summed E-state index contributed by atoms with van der Waals surface area (Å²) < 4.78 is 0. The van der Waals surface area contributed by atoms with E-state index in [-0.39, 0.29) is 17.7 Å². The topological polar surface area (TPSA) is 116 Å². The number of nitrogens with one attached hydrogen (secondary N) is 2. The molecule has 1 atom stereocenters. The van der Waals surface area contributed by atoms with Crippen LogP contribution in [0.15, 0.2) is 59.2 Å². The lowest BCUT2D eigenvalue weighted by Gasteiger charge is -2.38. The van der Waals surface area contributed by atoms with Crippen molar-refractivity contribution in [1.29, 1.82) is 0 Å². The molecule has 0 radical (unpaired) electrons. The van der Waals surface area contributed by atoms with E-state index in [2.05, 4.69) is 37.9 Å². The third kappa shape index (κ3) is 3.89. The van der Waals surface area contributed by atoms with Gasteiger partial charge in [-0.05, 0) is 40.0 Å². The number of aromatic amines is 1. The normalized spacial score (nSPS) is 18.0. The minimum absolute atomic E-state index is 0.199. The Hall–Kier alpha value is -4.14. The predicted molar refractivity (Wildman–Crippen MR) is 128 cm³/mol. The number of nitrogens with zero attached hydrogens (tertiary/aromatic N) is 5. The largest absolute Gasteiger partial charge is 0.314 e. The summed E-state index contributed by atoms with van der Waals surface area (Å²) >= 11 is 0. The van der Waals surface area contributed by atoms with Crippen LogP contribution in [0.3, 0.4) is 0 Å². The number of H-pyrrole nitrogens is 1. The van der Waals surface area contributed by atoms with Gasteiger partial charge in [0, 0.05) is 17.8 Å². The Morgan fingerprint density at radius 1 is 1.03 bits per heavy atom. The van der Waals surface area contributed by atoms with Gasteiger partial charge >= 0.3 is 0 Å². The van der Waals surface area contributed by atoms with Crippen LogP contribution in [-0.4, -0.2) is 49.8 Å². The Morgan fingerprint density at radius 2 is 1.76 bits per heavy atom. The molecular weight excluding hydrogens is 430 g/mol. The summed E-state index contributed by atoms with van der Waals surface area (Å²) in [7, 11) is 0. The number of aromatic nitrogens is 4. The number of allylic oxidation sites excluding steroid dienone is 1. The van der Waals surface area contributed by atoms with Crippen molar-refractivity contribution in [2.75, 3.05) is 6.54 Å². The molecule has 2 amide bonds. The first-order valence-corrected chi connectivity index (χ1v) is 11.4. The fraction of sp³-hybridized carbons (Fsp3) is 0.280. The van der Waals surface area contributed by atoms with Gasteiger partial charge in [-0.15, -0.1) is 5.10 Å². The van der Waals surface area contributed by atoms with Crippen molar-refractivity contribution in [2.45, 2.75) is 33.1 Å². The van der Waals surface area contributed by atoms with Gasteiger partial charge in [-0.25, -0.2) is 5.10 Å². The molecule has 172 valence electrons. The summed E-state index contributed by atoms with van der Waals surface area (Å²) in [6.07, 6.45) is 2.68. The zero-order valence-corrected chi connectivity index (χ0v) is 19.1. The molecule has 9 heteroatoms. The molecule has 2 aromatic carbocycles. The molecule has 0 bridgehead atoms. The maximum absolute atomic E-state index is 13.2. The van der Waals surface area contributed by atoms with E-state index in [1.54, 1.807) is 0 Å². The van der Waals surface area contributed by atoms with Gasteiger partial charge in [-0.2, -0.15) is 4.99 Å². The molecule has 3 heterocycles. The first-order valence-electron chi connectivity index (χ1n) is 11.4. The van der Waals surface area contributed by atoms with Crippen LogP contribution in [0, 0.1) is 5.92 Å². The van der Waals surface area contributed by atoms with E-state index in [4.69, 9.17) is 0 Å². The summed E-state index contributed by atoms with van der Waals surface area (Å²) in [6, 6.07) is 15.8. The van der Waals surface area contributed by atoms with Gasteiger partial charge in [-0.1, -0.05) is 68.8 Å². The average Bonchev–Trinajstić information content (AvgIpc) is 3.39. The molecule has 1 aromatic heterocycles. The third-order valence-corrected chi connectivity index (χ3v) is 6.20. The van der Waals surface area contributed by atoms with Crippen molar-refractivity contribution >= 4 is 23.3 Å². The molecule has 0 saturated carbocycles. The lowest BCUT2D eigenvalue weighted by atomic mass is 9.93. The lowest BCUT2D eigenvalue weighted by molar-refractivity contribution is -0.122. The van der Waals surface area contributed by atoms with Crippen molar-refractivity contribution in [2.24, 2.45) is 10.9 Å². The average molecular weight is 456 g/mol. The number of carbonyl (C=O) groups is 2. The number of rotatable bonds is 6. The molecule has 9 nitrogen and oxygen atoms in total. The zero-order chi connectivity index (χ0) is 23.7. The SMILES string of the molecule is CCCCC1=C(c2ccc(-c3ccccc3-c3nnn[nH]3)cc2)C(=O)NC2=NC(=O)C(C)CN21. The number of unbranched alkanes of at least 4 members (excludes halogenated alkanes) is 1. The quantitative estimate of drug-likeness (QED) is 0.589. The number of guanidine groups is 1. The van der Waals surface area contributed by atoms with E-state index in [0.29, 0.717) is 23.9 Å². The molecule has 2 aliphatic rings. The highest BCUT2D eigenvalue weighted by molar-refractivity contribution is 6.28. The van der Waals surface area contributed by atoms with Gasteiger partial charge < -0.3 is 4.90 Å². The fourth-order valence-corrected chi connectivity index (χ4v) is 4.41. The van der Waals surface area contributed by atoms with Crippen LogP contribution in [0.4, 0.5) is 0 Å². The minimum atomic E-state index is -0.232. The van der Waals surface area contributed by atoms with Crippen molar-refractivity contribution in [3.05, 3.63) is 59.8 Å². The minimum Gasteiger partial charge on any atom is -0.314 e. The third-order valence-electron chi connectivity index (χ3n) is 6.20. The van der Waals surface area contributed by atoms with E-state index in [9.17, 15) is 9.59 Å². The molecule has 0 spiro atoms. The van der Waals surface area contributed by atoms with Gasteiger partial charge in [0.25, 0.3) is 11.8 Å². The maximum atomic E-state index is 13.2. The number of amides is 2. The maximum Gasteiger partial charge on any atom is 0.260 e. The molecule has 0 aliphatic carbocycles. The van der Waals surface area contributed by atoms with Gasteiger partial charge in [0.15, 0.2) is 5.82 Å². The molecule has 2 N–H and O–H groups in total. The molecule has 34 heavy (non-hydrogen) atoms. The Morgan fingerprint density at radius 3 is 2.47 bits per heavy atom. The van der Waals surface area contributed by atoms with E-state index in [0.717, 1.165) is 47.2 Å². The van der Waals surface area contributed by atoms with Crippen LogP contribution in [-0.2, 0) is 9.59 Å². The molecule has 1 unspecified atom stereocenters. The molecule has 5 rings (SSSR count). The second-order valence-electron chi connectivity index (χ2n) is 8.54. The summed E-state index contributed by atoms with van der Waals surface area (Å²) in [4.78, 5) is 31.4. The van der Waals surface area contributed by atoms with E-state index < -0.39 is 0 Å². The second-order valence-corrected chi connectivity index (χ2v) is 8.54. The van der Waals surface area contributed by atoms with Crippen LogP contribution in [0.2, 0.25) is 0 Å².